The summed E-state index contributed by atoms with van der Waals surface area (Å²) >= 11 is 6.10. The fraction of sp³-hybridized carbons (Fsp3) is 0.556. The van der Waals surface area contributed by atoms with E-state index < -0.39 is 0 Å². The minimum Gasteiger partial charge on any atom is -0.360 e. The van der Waals surface area contributed by atoms with Crippen molar-refractivity contribution in [3.63, 3.8) is 0 Å². The molecular formula is C18H24ClN2+. The quantitative estimate of drug-likeness (QED) is 0.842. The third kappa shape index (κ3) is 2.84. The lowest BCUT2D eigenvalue weighted by molar-refractivity contribution is -0.904. The molecule has 2 aliphatic carbocycles. The van der Waals surface area contributed by atoms with Crippen molar-refractivity contribution in [3.8, 4) is 0 Å². The maximum absolute atomic E-state index is 6.10. The number of allylic oxidation sites excluding steroid dienone is 2. The molecule has 2 nitrogen and oxygen atoms in total. The van der Waals surface area contributed by atoms with Crippen LogP contribution in [0.1, 0.15) is 12.8 Å². The standard InChI is InChI=1S/C18H23ClN2/c19-17-2-1-3-18(12-17)21-8-6-20(7-9-21)13-16-11-14-4-5-15(16)10-14/h1-5,12,14-16H,6-11,13H2/p+1/t14-,15+,16+/m1/s1. The van der Waals surface area contributed by atoms with Crippen molar-refractivity contribution in [3.05, 3.63) is 41.4 Å². The Morgan fingerprint density at radius 2 is 2.00 bits per heavy atom. The molecule has 1 N–H and O–H groups in total. The molecule has 21 heavy (non-hydrogen) atoms. The van der Waals surface area contributed by atoms with Crippen LogP contribution in [0.2, 0.25) is 5.02 Å². The summed E-state index contributed by atoms with van der Waals surface area (Å²) in [5.41, 5.74) is 1.28. The predicted octanol–water partition coefficient (Wildman–Crippen LogP) is 2.26. The van der Waals surface area contributed by atoms with Gasteiger partial charge in [-0.3, -0.25) is 0 Å². The summed E-state index contributed by atoms with van der Waals surface area (Å²) in [6.45, 7) is 6.24. The zero-order valence-electron chi connectivity index (χ0n) is 12.5. The van der Waals surface area contributed by atoms with Gasteiger partial charge in [-0.2, -0.15) is 0 Å². The number of hydrogen-bond acceptors (Lipinski definition) is 1. The molecule has 2 bridgehead atoms. The van der Waals surface area contributed by atoms with Crippen LogP contribution < -0.4 is 9.80 Å². The summed E-state index contributed by atoms with van der Waals surface area (Å²) in [7, 11) is 0. The molecule has 112 valence electrons. The summed E-state index contributed by atoms with van der Waals surface area (Å²) in [4.78, 5) is 4.29. The molecule has 3 atom stereocenters. The maximum atomic E-state index is 6.10. The molecule has 2 fully saturated rings. The number of anilines is 1. The van der Waals surface area contributed by atoms with Crippen molar-refractivity contribution in [1.82, 2.24) is 0 Å². The molecule has 4 rings (SSSR count). The molecule has 1 heterocycles. The van der Waals surface area contributed by atoms with E-state index in [4.69, 9.17) is 11.6 Å². The Morgan fingerprint density at radius 3 is 2.67 bits per heavy atom. The molecule has 1 aromatic rings. The molecule has 1 aromatic carbocycles. The minimum absolute atomic E-state index is 0.844. The summed E-state index contributed by atoms with van der Waals surface area (Å²) in [6, 6.07) is 8.28. The highest BCUT2D eigenvalue weighted by Crippen LogP contribution is 2.42. The van der Waals surface area contributed by atoms with E-state index in [1.54, 1.807) is 4.90 Å². The van der Waals surface area contributed by atoms with Crippen molar-refractivity contribution in [2.45, 2.75) is 12.8 Å². The Balaban J connectivity index is 1.32. The molecular weight excluding hydrogens is 280 g/mol. The molecule has 0 unspecified atom stereocenters. The van der Waals surface area contributed by atoms with E-state index >= 15 is 0 Å². The first-order valence-electron chi connectivity index (χ1n) is 8.30. The third-order valence-electron chi connectivity index (χ3n) is 5.61. The first kappa shape index (κ1) is 13.7. The van der Waals surface area contributed by atoms with Gasteiger partial charge >= 0.3 is 0 Å². The molecule has 1 saturated carbocycles. The van der Waals surface area contributed by atoms with E-state index in [9.17, 15) is 0 Å². The van der Waals surface area contributed by atoms with Crippen LogP contribution in [0.15, 0.2) is 36.4 Å². The Labute approximate surface area is 132 Å². The molecule has 0 spiro atoms. The highest BCUT2D eigenvalue weighted by Gasteiger charge is 2.38. The van der Waals surface area contributed by atoms with Crippen LogP contribution in [0, 0.1) is 17.8 Å². The molecule has 3 aliphatic rings. The number of hydrogen-bond donors (Lipinski definition) is 1. The predicted molar refractivity (Wildman–Crippen MR) is 88.1 cm³/mol. The summed E-state index contributed by atoms with van der Waals surface area (Å²) in [5.74, 6) is 2.76. The fourth-order valence-electron chi connectivity index (χ4n) is 4.46. The summed E-state index contributed by atoms with van der Waals surface area (Å²) < 4.78 is 0. The number of nitrogens with zero attached hydrogens (tertiary/aromatic N) is 1. The highest BCUT2D eigenvalue weighted by molar-refractivity contribution is 6.30. The summed E-state index contributed by atoms with van der Waals surface area (Å²) in [5, 5.41) is 0.844. The van der Waals surface area contributed by atoms with Crippen LogP contribution in [0.5, 0.6) is 0 Å². The van der Waals surface area contributed by atoms with E-state index in [1.807, 2.05) is 6.07 Å². The number of quaternary nitrogens is 1. The largest absolute Gasteiger partial charge is 0.360 e. The average molecular weight is 304 g/mol. The Morgan fingerprint density at radius 1 is 1.14 bits per heavy atom. The second kappa shape index (κ2) is 5.66. The van der Waals surface area contributed by atoms with E-state index in [2.05, 4.69) is 35.3 Å². The number of fused-ring (bicyclic) bond motifs is 2. The third-order valence-corrected chi connectivity index (χ3v) is 5.85. The lowest BCUT2D eigenvalue weighted by atomic mass is 9.93. The number of benzene rings is 1. The van der Waals surface area contributed by atoms with Gasteiger partial charge in [0.25, 0.3) is 0 Å². The molecule has 1 saturated heterocycles. The normalized spacial score (nSPS) is 32.0. The van der Waals surface area contributed by atoms with Gasteiger partial charge in [0.1, 0.15) is 0 Å². The lowest BCUT2D eigenvalue weighted by Gasteiger charge is -2.35. The van der Waals surface area contributed by atoms with Gasteiger partial charge in [0.05, 0.1) is 32.7 Å². The van der Waals surface area contributed by atoms with Gasteiger partial charge in [-0.1, -0.05) is 29.8 Å². The SMILES string of the molecule is Clc1cccc(N2CC[NH+](C[C@@H]3C[C@@H]4C=C[C@H]3C4)CC2)c1. The number of halogens is 1. The smallest absolute Gasteiger partial charge is 0.0949 e. The van der Waals surface area contributed by atoms with Crippen LogP contribution in [0.25, 0.3) is 0 Å². The molecule has 0 aromatic heterocycles. The molecule has 1 aliphatic heterocycles. The van der Waals surface area contributed by atoms with Crippen LogP contribution in [-0.4, -0.2) is 32.7 Å². The number of rotatable bonds is 3. The second-order valence-corrected chi connectivity index (χ2v) is 7.40. The average Bonchev–Trinajstić information content (AvgIpc) is 3.11. The van der Waals surface area contributed by atoms with Crippen LogP contribution in [-0.2, 0) is 0 Å². The van der Waals surface area contributed by atoms with E-state index in [0.29, 0.717) is 0 Å². The Kier molecular flexibility index (Phi) is 3.68. The van der Waals surface area contributed by atoms with Crippen molar-refractivity contribution in [1.29, 1.82) is 0 Å². The van der Waals surface area contributed by atoms with Gasteiger partial charge in [-0.05, 0) is 42.9 Å². The molecule has 0 amide bonds. The van der Waals surface area contributed by atoms with E-state index in [0.717, 1.165) is 35.9 Å². The maximum Gasteiger partial charge on any atom is 0.0949 e. The molecule has 3 heteroatoms. The van der Waals surface area contributed by atoms with Gasteiger partial charge in [-0.15, -0.1) is 0 Å². The van der Waals surface area contributed by atoms with Crippen LogP contribution in [0.3, 0.4) is 0 Å². The zero-order valence-corrected chi connectivity index (χ0v) is 13.2. The monoisotopic (exact) mass is 303 g/mol. The van der Waals surface area contributed by atoms with E-state index in [-0.39, 0.29) is 0 Å². The second-order valence-electron chi connectivity index (χ2n) is 6.96. The lowest BCUT2D eigenvalue weighted by Crippen LogP contribution is -3.15. The first-order chi connectivity index (χ1) is 10.3. The van der Waals surface area contributed by atoms with Crippen molar-refractivity contribution < 1.29 is 4.90 Å². The minimum atomic E-state index is 0.844. The van der Waals surface area contributed by atoms with Crippen LogP contribution in [0.4, 0.5) is 5.69 Å². The number of piperazine rings is 1. The first-order valence-corrected chi connectivity index (χ1v) is 8.68. The van der Waals surface area contributed by atoms with Gasteiger partial charge in [-0.25, -0.2) is 0 Å². The fourth-order valence-corrected chi connectivity index (χ4v) is 4.64. The van der Waals surface area contributed by atoms with Gasteiger partial charge < -0.3 is 9.80 Å². The summed E-state index contributed by atoms with van der Waals surface area (Å²) in [6.07, 6.45) is 7.82. The van der Waals surface area contributed by atoms with Crippen molar-refractivity contribution >= 4 is 17.3 Å². The zero-order chi connectivity index (χ0) is 14.2. The Bertz CT molecular complexity index is 534. The topological polar surface area (TPSA) is 7.68 Å². The van der Waals surface area contributed by atoms with Crippen LogP contribution >= 0.6 is 11.6 Å². The van der Waals surface area contributed by atoms with Gasteiger partial charge in [0.2, 0.25) is 0 Å². The van der Waals surface area contributed by atoms with Crippen molar-refractivity contribution in [2.75, 3.05) is 37.6 Å². The Hall–Kier alpha value is -0.990. The number of nitrogens with one attached hydrogen (secondary N) is 1. The van der Waals surface area contributed by atoms with Crippen molar-refractivity contribution in [2.24, 2.45) is 17.8 Å². The van der Waals surface area contributed by atoms with Gasteiger partial charge in [0, 0.05) is 16.6 Å². The van der Waals surface area contributed by atoms with E-state index in [1.165, 1.54) is 38.2 Å². The highest BCUT2D eigenvalue weighted by atomic mass is 35.5. The molecule has 0 radical (unpaired) electrons. The van der Waals surface area contributed by atoms with Gasteiger partial charge in [0.15, 0.2) is 0 Å².